The highest BCUT2D eigenvalue weighted by atomic mass is 35.5. The van der Waals surface area contributed by atoms with Gasteiger partial charge in [-0.3, -0.25) is 9.59 Å². The van der Waals surface area contributed by atoms with Crippen LogP contribution in [0.2, 0.25) is 5.02 Å². The second-order valence-corrected chi connectivity index (χ2v) is 6.56. The zero-order valence-corrected chi connectivity index (χ0v) is 15.1. The number of rotatable bonds is 4. The highest BCUT2D eigenvalue weighted by Gasteiger charge is 2.23. The number of aryl methyl sites for hydroxylation is 1. The van der Waals surface area contributed by atoms with Crippen molar-refractivity contribution >= 4 is 44.7 Å². The van der Waals surface area contributed by atoms with Crippen molar-refractivity contribution < 1.29 is 14.6 Å². The molecule has 0 bridgehead atoms. The van der Waals surface area contributed by atoms with E-state index >= 15 is 0 Å². The van der Waals surface area contributed by atoms with Gasteiger partial charge < -0.3 is 19.7 Å². The Morgan fingerprint density at radius 3 is 2.84 bits per heavy atom. The molecule has 1 aromatic carbocycles. The molecule has 0 atom stereocenters. The Morgan fingerprint density at radius 1 is 1.40 bits per heavy atom. The molecule has 130 valence electrons. The lowest BCUT2D eigenvalue weighted by Gasteiger charge is -2.13. The summed E-state index contributed by atoms with van der Waals surface area (Å²) in [7, 11) is 1.46. The van der Waals surface area contributed by atoms with Gasteiger partial charge in [0.1, 0.15) is 11.3 Å². The number of aromatic nitrogens is 1. The predicted molar refractivity (Wildman–Crippen MR) is 99.4 cm³/mol. The van der Waals surface area contributed by atoms with Gasteiger partial charge in [-0.1, -0.05) is 11.6 Å². The van der Waals surface area contributed by atoms with E-state index in [0.717, 1.165) is 0 Å². The average Bonchev–Trinajstić information content (AvgIpc) is 3.05. The molecule has 0 radical (unpaired) electrons. The fourth-order valence-electron chi connectivity index (χ4n) is 2.63. The van der Waals surface area contributed by atoms with E-state index in [4.69, 9.17) is 16.3 Å². The van der Waals surface area contributed by atoms with Crippen LogP contribution in [0.15, 0.2) is 34.4 Å². The zero-order chi connectivity index (χ0) is 18.1. The minimum absolute atomic E-state index is 0.307. The fraction of sp³-hybridized carbons (Fsp3) is 0.176. The van der Waals surface area contributed by atoms with Crippen LogP contribution in [0.3, 0.4) is 0 Å². The fourth-order valence-corrected chi connectivity index (χ4v) is 3.65. The number of amides is 1. The molecule has 0 saturated heterocycles. The number of fused-ring (bicyclic) bond motifs is 1. The van der Waals surface area contributed by atoms with Crippen LogP contribution in [0.4, 0.5) is 5.69 Å². The Kier molecular flexibility index (Phi) is 4.69. The molecule has 0 spiro atoms. The number of hydrogen-bond donors (Lipinski definition) is 2. The molecule has 6 nitrogen and oxygen atoms in total. The lowest BCUT2D eigenvalue weighted by molar-refractivity contribution is 0.102. The van der Waals surface area contributed by atoms with Gasteiger partial charge in [0.15, 0.2) is 5.75 Å². The van der Waals surface area contributed by atoms with Gasteiger partial charge in [0.05, 0.1) is 23.0 Å². The lowest BCUT2D eigenvalue weighted by Crippen LogP contribution is -2.29. The van der Waals surface area contributed by atoms with Crippen LogP contribution in [0, 0.1) is 0 Å². The molecule has 0 aliphatic rings. The van der Waals surface area contributed by atoms with E-state index in [0.29, 0.717) is 33.2 Å². The Hall–Kier alpha value is -2.51. The van der Waals surface area contributed by atoms with Gasteiger partial charge in [-0.15, -0.1) is 11.3 Å². The number of hydrogen-bond acceptors (Lipinski definition) is 5. The standard InChI is InChI=1S/C17H15ClN2O4S/c1-3-20-11-6-7-25-15(11)14(21)13(17(20)23)16(22)19-10-8-9(18)4-5-12(10)24-2/h4-8,21H,3H2,1-2H3,(H,19,22). The number of ether oxygens (including phenoxy) is 1. The maximum atomic E-state index is 12.7. The van der Waals surface area contributed by atoms with Gasteiger partial charge in [-0.25, -0.2) is 0 Å². The minimum Gasteiger partial charge on any atom is -0.505 e. The van der Waals surface area contributed by atoms with Crippen LogP contribution in [0.1, 0.15) is 17.3 Å². The number of anilines is 1. The molecule has 8 heteroatoms. The number of halogens is 1. The number of benzene rings is 1. The molecule has 2 heterocycles. The van der Waals surface area contributed by atoms with Gasteiger partial charge >= 0.3 is 0 Å². The molecule has 3 rings (SSSR count). The number of aromatic hydroxyl groups is 1. The molecule has 2 N–H and O–H groups in total. The smallest absolute Gasteiger partial charge is 0.267 e. The average molecular weight is 379 g/mol. The summed E-state index contributed by atoms with van der Waals surface area (Å²) in [5.74, 6) is -0.649. The molecule has 0 aliphatic carbocycles. The van der Waals surface area contributed by atoms with Crippen molar-refractivity contribution in [2.24, 2.45) is 0 Å². The van der Waals surface area contributed by atoms with Crippen LogP contribution >= 0.6 is 22.9 Å². The second kappa shape index (κ2) is 6.78. The number of methoxy groups -OCH3 is 1. The highest BCUT2D eigenvalue weighted by molar-refractivity contribution is 7.17. The van der Waals surface area contributed by atoms with Crippen molar-refractivity contribution in [2.45, 2.75) is 13.5 Å². The first-order chi connectivity index (χ1) is 12.0. The number of thiophene rings is 1. The van der Waals surface area contributed by atoms with Gasteiger partial charge in [-0.2, -0.15) is 0 Å². The number of nitrogens with one attached hydrogen (secondary N) is 1. The normalized spacial score (nSPS) is 10.8. The van der Waals surface area contributed by atoms with E-state index < -0.39 is 11.5 Å². The molecular formula is C17H15ClN2O4S. The van der Waals surface area contributed by atoms with Crippen LogP contribution in [-0.2, 0) is 6.54 Å². The van der Waals surface area contributed by atoms with E-state index in [1.807, 2.05) is 0 Å². The van der Waals surface area contributed by atoms with Crippen LogP contribution in [0.25, 0.3) is 10.2 Å². The summed E-state index contributed by atoms with van der Waals surface area (Å²) < 4.78 is 7.13. The minimum atomic E-state index is -0.722. The summed E-state index contributed by atoms with van der Waals surface area (Å²) in [5.41, 5.74) is 0.0586. The summed E-state index contributed by atoms with van der Waals surface area (Å²) in [4.78, 5) is 25.4. The Balaban J connectivity index is 2.12. The van der Waals surface area contributed by atoms with Crippen LogP contribution in [-0.4, -0.2) is 22.7 Å². The first kappa shape index (κ1) is 17.3. The Labute approximate surface area is 152 Å². The molecule has 25 heavy (non-hydrogen) atoms. The molecule has 0 aliphatic heterocycles. The molecule has 2 aromatic heterocycles. The molecular weight excluding hydrogens is 364 g/mol. The number of carbonyl (C=O) groups excluding carboxylic acids is 1. The van der Waals surface area contributed by atoms with E-state index in [-0.39, 0.29) is 11.3 Å². The quantitative estimate of drug-likeness (QED) is 0.725. The first-order valence-corrected chi connectivity index (χ1v) is 8.71. The van der Waals surface area contributed by atoms with Gasteiger partial charge in [0.25, 0.3) is 11.5 Å². The molecule has 1 amide bonds. The van der Waals surface area contributed by atoms with Crippen molar-refractivity contribution in [2.75, 3.05) is 12.4 Å². The van der Waals surface area contributed by atoms with E-state index in [1.165, 1.54) is 29.1 Å². The van der Waals surface area contributed by atoms with Crippen molar-refractivity contribution in [1.29, 1.82) is 0 Å². The molecule has 0 fully saturated rings. The lowest BCUT2D eigenvalue weighted by atomic mass is 10.2. The molecule has 0 saturated carbocycles. The second-order valence-electron chi connectivity index (χ2n) is 5.21. The van der Waals surface area contributed by atoms with Crippen molar-refractivity contribution in [1.82, 2.24) is 4.57 Å². The summed E-state index contributed by atoms with van der Waals surface area (Å²) in [6.45, 7) is 2.18. The third kappa shape index (κ3) is 2.96. The van der Waals surface area contributed by atoms with E-state index in [1.54, 1.807) is 30.5 Å². The van der Waals surface area contributed by atoms with Gasteiger partial charge in [0, 0.05) is 11.6 Å². The number of carbonyl (C=O) groups is 1. The maximum Gasteiger partial charge on any atom is 0.267 e. The summed E-state index contributed by atoms with van der Waals surface area (Å²) in [5, 5.41) is 15.2. The van der Waals surface area contributed by atoms with E-state index in [9.17, 15) is 14.7 Å². The van der Waals surface area contributed by atoms with Crippen LogP contribution < -0.4 is 15.6 Å². The largest absolute Gasteiger partial charge is 0.505 e. The van der Waals surface area contributed by atoms with Gasteiger partial charge in [-0.05, 0) is 36.6 Å². The number of nitrogens with zero attached hydrogens (tertiary/aromatic N) is 1. The van der Waals surface area contributed by atoms with Gasteiger partial charge in [0.2, 0.25) is 0 Å². The Bertz CT molecular complexity index is 1030. The third-order valence-corrected chi connectivity index (χ3v) is 4.94. The predicted octanol–water partition coefficient (Wildman–Crippen LogP) is 3.70. The number of pyridine rings is 1. The zero-order valence-electron chi connectivity index (χ0n) is 13.5. The van der Waals surface area contributed by atoms with Crippen molar-refractivity contribution in [3.05, 3.63) is 50.6 Å². The SMILES string of the molecule is CCn1c(=O)c(C(=O)Nc2cc(Cl)ccc2OC)c(O)c2sccc21. The summed E-state index contributed by atoms with van der Waals surface area (Å²) >= 11 is 7.22. The maximum absolute atomic E-state index is 12.7. The Morgan fingerprint density at radius 2 is 2.16 bits per heavy atom. The monoisotopic (exact) mass is 378 g/mol. The first-order valence-electron chi connectivity index (χ1n) is 7.45. The molecule has 0 unspecified atom stereocenters. The third-order valence-electron chi connectivity index (χ3n) is 3.80. The topological polar surface area (TPSA) is 80.6 Å². The van der Waals surface area contributed by atoms with Crippen LogP contribution in [0.5, 0.6) is 11.5 Å². The highest BCUT2D eigenvalue weighted by Crippen LogP contribution is 2.33. The van der Waals surface area contributed by atoms with Crippen molar-refractivity contribution in [3.8, 4) is 11.5 Å². The summed E-state index contributed by atoms with van der Waals surface area (Å²) in [6, 6.07) is 6.48. The van der Waals surface area contributed by atoms with E-state index in [2.05, 4.69) is 5.32 Å². The molecule has 3 aromatic rings. The summed E-state index contributed by atoms with van der Waals surface area (Å²) in [6.07, 6.45) is 0. The van der Waals surface area contributed by atoms with Crippen molar-refractivity contribution in [3.63, 3.8) is 0 Å².